The van der Waals surface area contributed by atoms with E-state index in [1.54, 1.807) is 0 Å². The Morgan fingerprint density at radius 1 is 1.19 bits per heavy atom. The van der Waals surface area contributed by atoms with Gasteiger partial charge in [-0.25, -0.2) is 14.1 Å². The number of carbonyl (C=O) groups is 3. The van der Waals surface area contributed by atoms with Gasteiger partial charge in [0.25, 0.3) is 0 Å². The number of anilines is 1. The predicted octanol–water partition coefficient (Wildman–Crippen LogP) is 2.36. The van der Waals surface area contributed by atoms with Crippen LogP contribution in [0.4, 0.5) is 10.1 Å². The third kappa shape index (κ3) is 3.53. The summed E-state index contributed by atoms with van der Waals surface area (Å²) in [5, 5.41) is 8.53. The molecular weight excluding hydrogens is 277 g/mol. The molecule has 2 rings (SSSR count). The average Bonchev–Trinajstić information content (AvgIpc) is 2.59. The Hall–Kier alpha value is -2.50. The van der Waals surface area contributed by atoms with E-state index in [1.807, 2.05) is 0 Å². The third-order valence-electron chi connectivity index (χ3n) is 3.16. The van der Waals surface area contributed by atoms with E-state index in [2.05, 4.69) is 0 Å². The van der Waals surface area contributed by atoms with Crippen LogP contribution in [0, 0.1) is 5.82 Å². The molecule has 1 heterocycles. The lowest BCUT2D eigenvalue weighted by Crippen LogP contribution is -2.35. The Balaban J connectivity index is 2.33. The van der Waals surface area contributed by atoms with Gasteiger partial charge in [0.1, 0.15) is 5.82 Å². The van der Waals surface area contributed by atoms with E-state index in [0.29, 0.717) is 18.4 Å². The molecule has 0 saturated carbocycles. The molecule has 1 saturated heterocycles. The van der Waals surface area contributed by atoms with Crippen LogP contribution in [0.5, 0.6) is 0 Å². The van der Waals surface area contributed by atoms with Gasteiger partial charge >= 0.3 is 5.97 Å². The second-order valence-electron chi connectivity index (χ2n) is 4.71. The van der Waals surface area contributed by atoms with Crippen LogP contribution in [0.1, 0.15) is 31.2 Å². The number of hydrogen-bond acceptors (Lipinski definition) is 3. The molecule has 2 amide bonds. The molecule has 0 atom stereocenters. The maximum absolute atomic E-state index is 14.1. The minimum Gasteiger partial charge on any atom is -0.478 e. The normalized spacial score (nSPS) is 16.3. The second-order valence-corrected chi connectivity index (χ2v) is 4.71. The molecule has 5 nitrogen and oxygen atoms in total. The highest BCUT2D eigenvalue weighted by Gasteiger charge is 2.27. The summed E-state index contributed by atoms with van der Waals surface area (Å²) in [6, 6.07) is 3.88. The van der Waals surface area contributed by atoms with Gasteiger partial charge in [-0.05, 0) is 36.6 Å². The quantitative estimate of drug-likeness (QED) is 0.685. The van der Waals surface area contributed by atoms with Crippen molar-refractivity contribution >= 4 is 29.5 Å². The predicted molar refractivity (Wildman–Crippen MR) is 74.0 cm³/mol. The van der Waals surface area contributed by atoms with Gasteiger partial charge in [-0.3, -0.25) is 9.59 Å². The number of amides is 2. The molecule has 0 radical (unpaired) electrons. The SMILES string of the molecule is O=C(O)C=Cc1ccc(N2C(=O)CCCCC2=O)c(F)c1. The zero-order valence-electron chi connectivity index (χ0n) is 11.2. The van der Waals surface area contributed by atoms with Crippen molar-refractivity contribution in [3.05, 3.63) is 35.7 Å². The van der Waals surface area contributed by atoms with E-state index in [-0.39, 0.29) is 18.5 Å². The minimum atomic E-state index is -1.14. The fourth-order valence-electron chi connectivity index (χ4n) is 2.16. The molecule has 0 bridgehead atoms. The summed E-state index contributed by atoms with van der Waals surface area (Å²) >= 11 is 0. The Bertz CT molecular complexity index is 606. The van der Waals surface area contributed by atoms with Crippen LogP contribution in [0.3, 0.4) is 0 Å². The smallest absolute Gasteiger partial charge is 0.328 e. The molecule has 1 fully saturated rings. The zero-order chi connectivity index (χ0) is 15.4. The van der Waals surface area contributed by atoms with Crippen LogP contribution >= 0.6 is 0 Å². The van der Waals surface area contributed by atoms with Crippen LogP contribution in [-0.2, 0) is 14.4 Å². The topological polar surface area (TPSA) is 74.7 Å². The molecule has 21 heavy (non-hydrogen) atoms. The first-order chi connectivity index (χ1) is 9.99. The molecule has 0 spiro atoms. The molecule has 1 aromatic rings. The number of nitrogens with zero attached hydrogens (tertiary/aromatic N) is 1. The van der Waals surface area contributed by atoms with Crippen LogP contribution < -0.4 is 4.90 Å². The average molecular weight is 291 g/mol. The lowest BCUT2D eigenvalue weighted by Gasteiger charge is -2.19. The number of benzene rings is 1. The summed E-state index contributed by atoms with van der Waals surface area (Å²) in [5.74, 6) is -2.70. The number of halogens is 1. The summed E-state index contributed by atoms with van der Waals surface area (Å²) in [6.45, 7) is 0. The number of carboxylic acids is 1. The third-order valence-corrected chi connectivity index (χ3v) is 3.16. The van der Waals surface area contributed by atoms with Crippen molar-refractivity contribution in [2.75, 3.05) is 4.90 Å². The molecule has 0 unspecified atom stereocenters. The molecule has 6 heteroatoms. The van der Waals surface area contributed by atoms with Crippen LogP contribution in [-0.4, -0.2) is 22.9 Å². The van der Waals surface area contributed by atoms with E-state index < -0.39 is 23.6 Å². The van der Waals surface area contributed by atoms with Crippen LogP contribution in [0.2, 0.25) is 0 Å². The summed E-state index contributed by atoms with van der Waals surface area (Å²) in [5.41, 5.74) is 0.257. The van der Waals surface area contributed by atoms with Crippen molar-refractivity contribution in [1.82, 2.24) is 0 Å². The van der Waals surface area contributed by atoms with E-state index in [1.165, 1.54) is 18.2 Å². The molecule has 1 aliphatic rings. The Morgan fingerprint density at radius 2 is 1.81 bits per heavy atom. The second kappa shape index (κ2) is 6.30. The van der Waals surface area contributed by atoms with Crippen molar-refractivity contribution in [1.29, 1.82) is 0 Å². The summed E-state index contributed by atoms with van der Waals surface area (Å²) in [4.78, 5) is 35.1. The number of imide groups is 1. The Morgan fingerprint density at radius 3 is 2.33 bits per heavy atom. The van der Waals surface area contributed by atoms with Crippen molar-refractivity contribution in [2.24, 2.45) is 0 Å². The van der Waals surface area contributed by atoms with Gasteiger partial charge in [-0.2, -0.15) is 0 Å². The van der Waals surface area contributed by atoms with E-state index in [9.17, 15) is 18.8 Å². The van der Waals surface area contributed by atoms with E-state index >= 15 is 0 Å². The first kappa shape index (κ1) is 14.9. The number of carbonyl (C=O) groups excluding carboxylic acids is 2. The van der Waals surface area contributed by atoms with Crippen molar-refractivity contribution in [2.45, 2.75) is 25.7 Å². The largest absolute Gasteiger partial charge is 0.478 e. The monoisotopic (exact) mass is 291 g/mol. The fourth-order valence-corrected chi connectivity index (χ4v) is 2.16. The molecule has 110 valence electrons. The van der Waals surface area contributed by atoms with Gasteiger partial charge in [0, 0.05) is 18.9 Å². The number of aliphatic carboxylic acids is 1. The first-order valence-electron chi connectivity index (χ1n) is 6.55. The lowest BCUT2D eigenvalue weighted by molar-refractivity contribution is -0.131. The Kier molecular flexibility index (Phi) is 4.47. The molecule has 0 aromatic heterocycles. The van der Waals surface area contributed by atoms with Crippen LogP contribution in [0.15, 0.2) is 24.3 Å². The number of carboxylic acid groups (broad SMARTS) is 1. The van der Waals surface area contributed by atoms with Crippen molar-refractivity contribution < 1.29 is 23.9 Å². The lowest BCUT2D eigenvalue weighted by atomic mass is 10.1. The van der Waals surface area contributed by atoms with Gasteiger partial charge in [0.15, 0.2) is 0 Å². The molecule has 1 aromatic carbocycles. The fraction of sp³-hybridized carbons (Fsp3) is 0.267. The van der Waals surface area contributed by atoms with Gasteiger partial charge in [-0.1, -0.05) is 6.07 Å². The molecule has 1 aliphatic heterocycles. The van der Waals surface area contributed by atoms with Crippen molar-refractivity contribution in [3.63, 3.8) is 0 Å². The minimum absolute atomic E-state index is 0.0839. The molecular formula is C15H14FNO4. The number of hydrogen-bond donors (Lipinski definition) is 1. The highest BCUT2D eigenvalue weighted by molar-refractivity contribution is 6.15. The van der Waals surface area contributed by atoms with Gasteiger partial charge < -0.3 is 5.11 Å². The standard InChI is InChI=1S/C15H14FNO4/c16-11-9-10(6-8-15(20)21)5-7-12(11)17-13(18)3-1-2-4-14(17)19/h5-9H,1-4H2,(H,20,21). The molecule has 1 N–H and O–H groups in total. The van der Waals surface area contributed by atoms with E-state index in [4.69, 9.17) is 5.11 Å². The highest BCUT2D eigenvalue weighted by atomic mass is 19.1. The zero-order valence-corrected chi connectivity index (χ0v) is 11.2. The summed E-state index contributed by atoms with van der Waals surface area (Å²) in [6.07, 6.45) is 3.78. The van der Waals surface area contributed by atoms with E-state index in [0.717, 1.165) is 17.0 Å². The van der Waals surface area contributed by atoms with Crippen molar-refractivity contribution in [3.8, 4) is 0 Å². The van der Waals surface area contributed by atoms with Crippen LogP contribution in [0.25, 0.3) is 6.08 Å². The summed E-state index contributed by atoms with van der Waals surface area (Å²) < 4.78 is 14.1. The van der Waals surface area contributed by atoms with Gasteiger partial charge in [0.05, 0.1) is 5.69 Å². The van der Waals surface area contributed by atoms with Gasteiger partial charge in [0.2, 0.25) is 11.8 Å². The van der Waals surface area contributed by atoms with Gasteiger partial charge in [-0.15, -0.1) is 0 Å². The molecule has 0 aliphatic carbocycles. The maximum Gasteiger partial charge on any atom is 0.328 e. The maximum atomic E-state index is 14.1. The number of rotatable bonds is 3. The summed E-state index contributed by atoms with van der Waals surface area (Å²) in [7, 11) is 0. The first-order valence-corrected chi connectivity index (χ1v) is 6.55. The Labute approximate surface area is 120 Å². The highest BCUT2D eigenvalue weighted by Crippen LogP contribution is 2.25.